The van der Waals surface area contributed by atoms with Crippen LogP contribution in [0.2, 0.25) is 0 Å². The Morgan fingerprint density at radius 2 is 2.11 bits per heavy atom. The molecule has 1 aliphatic carbocycles. The third-order valence-corrected chi connectivity index (χ3v) is 3.73. The molecular weight excluding hydrogens is 240 g/mol. The summed E-state index contributed by atoms with van der Waals surface area (Å²) in [6.07, 6.45) is 6.41. The minimum atomic E-state index is 0.489. The third-order valence-electron chi connectivity index (χ3n) is 3.73. The molecule has 1 saturated carbocycles. The van der Waals surface area contributed by atoms with E-state index in [1.165, 1.54) is 19.3 Å². The first-order chi connectivity index (χ1) is 9.26. The van der Waals surface area contributed by atoms with E-state index in [1.807, 2.05) is 0 Å². The minimum Gasteiger partial charge on any atom is -0.490 e. The van der Waals surface area contributed by atoms with E-state index < -0.39 is 0 Å². The van der Waals surface area contributed by atoms with E-state index in [-0.39, 0.29) is 0 Å². The van der Waals surface area contributed by atoms with Gasteiger partial charge >= 0.3 is 0 Å². The molecule has 5 heteroatoms. The van der Waals surface area contributed by atoms with E-state index in [1.54, 1.807) is 13.4 Å². The molecule has 2 unspecified atom stereocenters. The molecule has 0 spiro atoms. The maximum Gasteiger partial charge on any atom is 0.204 e. The van der Waals surface area contributed by atoms with Crippen LogP contribution in [-0.4, -0.2) is 29.7 Å². The van der Waals surface area contributed by atoms with Crippen molar-refractivity contribution in [2.75, 3.05) is 24.3 Å². The Kier molecular flexibility index (Phi) is 4.82. The summed E-state index contributed by atoms with van der Waals surface area (Å²) in [5, 5.41) is 6.79. The second kappa shape index (κ2) is 6.59. The quantitative estimate of drug-likeness (QED) is 0.827. The Hall–Kier alpha value is -1.52. The van der Waals surface area contributed by atoms with Crippen LogP contribution in [0, 0.1) is 5.92 Å². The van der Waals surface area contributed by atoms with Crippen LogP contribution in [0.4, 0.5) is 11.6 Å². The fourth-order valence-electron chi connectivity index (χ4n) is 2.57. The van der Waals surface area contributed by atoms with Crippen molar-refractivity contribution in [3.63, 3.8) is 0 Å². The molecule has 0 aromatic carbocycles. The molecule has 0 bridgehead atoms. The van der Waals surface area contributed by atoms with Gasteiger partial charge in [-0.3, -0.25) is 0 Å². The van der Waals surface area contributed by atoms with Gasteiger partial charge in [-0.1, -0.05) is 20.3 Å². The van der Waals surface area contributed by atoms with Crippen LogP contribution < -0.4 is 15.4 Å². The van der Waals surface area contributed by atoms with Crippen LogP contribution in [0.15, 0.2) is 6.33 Å². The number of hydrogen-bond acceptors (Lipinski definition) is 5. The van der Waals surface area contributed by atoms with Gasteiger partial charge in [-0.15, -0.1) is 0 Å². The van der Waals surface area contributed by atoms with Crippen LogP contribution in [0.1, 0.15) is 39.5 Å². The molecule has 0 saturated heterocycles. The lowest BCUT2D eigenvalue weighted by Crippen LogP contribution is -2.23. The SMILES string of the molecule is CCCNc1ncnc(NC2CCCC2C)c1OC. The molecule has 1 aliphatic rings. The number of nitrogens with zero attached hydrogens (tertiary/aromatic N) is 2. The molecule has 106 valence electrons. The topological polar surface area (TPSA) is 59.1 Å². The Morgan fingerprint density at radius 3 is 2.74 bits per heavy atom. The van der Waals surface area contributed by atoms with Crippen molar-refractivity contribution in [2.45, 2.75) is 45.6 Å². The number of ether oxygens (including phenoxy) is 1. The van der Waals surface area contributed by atoms with Crippen LogP contribution in [0.5, 0.6) is 5.75 Å². The summed E-state index contributed by atoms with van der Waals surface area (Å²) in [5.41, 5.74) is 0. The number of methoxy groups -OCH3 is 1. The predicted octanol–water partition coefficient (Wildman–Crippen LogP) is 2.91. The molecule has 2 rings (SSSR count). The van der Waals surface area contributed by atoms with Gasteiger partial charge in [0, 0.05) is 12.6 Å². The van der Waals surface area contributed by atoms with Crippen molar-refractivity contribution in [1.29, 1.82) is 0 Å². The Bertz CT molecular complexity index is 410. The standard InChI is InChI=1S/C14H24N4O/c1-4-8-15-13-12(19-3)14(17-9-16-13)18-11-7-5-6-10(11)2/h9-11H,4-8H2,1-3H3,(H2,15,16,17,18). The van der Waals surface area contributed by atoms with Gasteiger partial charge < -0.3 is 15.4 Å². The van der Waals surface area contributed by atoms with E-state index in [4.69, 9.17) is 4.74 Å². The van der Waals surface area contributed by atoms with E-state index >= 15 is 0 Å². The summed E-state index contributed by atoms with van der Waals surface area (Å²) in [4.78, 5) is 8.58. The zero-order valence-corrected chi connectivity index (χ0v) is 12.1. The van der Waals surface area contributed by atoms with E-state index in [9.17, 15) is 0 Å². The molecule has 1 aromatic heterocycles. The van der Waals surface area contributed by atoms with Crippen molar-refractivity contribution in [1.82, 2.24) is 9.97 Å². The molecule has 2 atom stereocenters. The first-order valence-corrected chi connectivity index (χ1v) is 7.15. The molecule has 0 aliphatic heterocycles. The molecule has 1 fully saturated rings. The molecule has 1 heterocycles. The number of aromatic nitrogens is 2. The molecule has 19 heavy (non-hydrogen) atoms. The third kappa shape index (κ3) is 3.28. The first-order valence-electron chi connectivity index (χ1n) is 7.15. The van der Waals surface area contributed by atoms with Gasteiger partial charge in [0.2, 0.25) is 5.75 Å². The summed E-state index contributed by atoms with van der Waals surface area (Å²) in [5.74, 6) is 2.98. The lowest BCUT2D eigenvalue weighted by atomic mass is 10.1. The van der Waals surface area contributed by atoms with Gasteiger partial charge in [0.25, 0.3) is 0 Å². The van der Waals surface area contributed by atoms with Crippen molar-refractivity contribution in [2.24, 2.45) is 5.92 Å². The second-order valence-electron chi connectivity index (χ2n) is 5.19. The molecule has 0 radical (unpaired) electrons. The highest BCUT2D eigenvalue weighted by Crippen LogP contribution is 2.33. The Labute approximate surface area is 115 Å². The average Bonchev–Trinajstić information content (AvgIpc) is 2.82. The van der Waals surface area contributed by atoms with Gasteiger partial charge in [0.15, 0.2) is 11.6 Å². The van der Waals surface area contributed by atoms with Crippen LogP contribution >= 0.6 is 0 Å². The summed E-state index contributed by atoms with van der Waals surface area (Å²) in [7, 11) is 1.67. The molecule has 0 amide bonds. The predicted molar refractivity (Wildman–Crippen MR) is 77.8 cm³/mol. The van der Waals surface area contributed by atoms with Crippen molar-refractivity contribution >= 4 is 11.6 Å². The lowest BCUT2D eigenvalue weighted by Gasteiger charge is -2.20. The smallest absolute Gasteiger partial charge is 0.204 e. The summed E-state index contributed by atoms with van der Waals surface area (Å²) >= 11 is 0. The normalized spacial score (nSPS) is 22.3. The van der Waals surface area contributed by atoms with Gasteiger partial charge in [0.05, 0.1) is 7.11 Å². The van der Waals surface area contributed by atoms with Crippen molar-refractivity contribution < 1.29 is 4.74 Å². The van der Waals surface area contributed by atoms with Gasteiger partial charge in [-0.25, -0.2) is 9.97 Å². The highest BCUT2D eigenvalue weighted by Gasteiger charge is 2.25. The highest BCUT2D eigenvalue weighted by molar-refractivity contribution is 5.63. The molecular formula is C14H24N4O. The fourth-order valence-corrected chi connectivity index (χ4v) is 2.57. The van der Waals surface area contributed by atoms with Gasteiger partial charge in [-0.2, -0.15) is 0 Å². The van der Waals surface area contributed by atoms with Gasteiger partial charge in [-0.05, 0) is 25.2 Å². The monoisotopic (exact) mass is 264 g/mol. The average molecular weight is 264 g/mol. The Balaban J connectivity index is 2.14. The van der Waals surface area contributed by atoms with Crippen molar-refractivity contribution in [3.05, 3.63) is 6.33 Å². The highest BCUT2D eigenvalue weighted by atomic mass is 16.5. The number of nitrogens with one attached hydrogen (secondary N) is 2. The maximum atomic E-state index is 5.47. The molecule has 2 N–H and O–H groups in total. The molecule has 5 nitrogen and oxygen atoms in total. The number of anilines is 2. The first kappa shape index (κ1) is 13.9. The maximum absolute atomic E-state index is 5.47. The Morgan fingerprint density at radius 1 is 1.32 bits per heavy atom. The molecule has 1 aromatic rings. The number of hydrogen-bond donors (Lipinski definition) is 2. The van der Waals surface area contributed by atoms with Crippen LogP contribution in [0.3, 0.4) is 0 Å². The minimum absolute atomic E-state index is 0.489. The largest absolute Gasteiger partial charge is 0.490 e. The zero-order chi connectivity index (χ0) is 13.7. The van der Waals surface area contributed by atoms with Crippen LogP contribution in [0.25, 0.3) is 0 Å². The zero-order valence-electron chi connectivity index (χ0n) is 12.1. The van der Waals surface area contributed by atoms with E-state index in [2.05, 4.69) is 34.4 Å². The van der Waals surface area contributed by atoms with E-state index in [0.29, 0.717) is 12.0 Å². The van der Waals surface area contributed by atoms with Crippen molar-refractivity contribution in [3.8, 4) is 5.75 Å². The fraction of sp³-hybridized carbons (Fsp3) is 0.714. The second-order valence-corrected chi connectivity index (χ2v) is 5.19. The number of rotatable bonds is 6. The van der Waals surface area contributed by atoms with Gasteiger partial charge in [0.1, 0.15) is 6.33 Å². The van der Waals surface area contributed by atoms with Crippen LogP contribution in [-0.2, 0) is 0 Å². The lowest BCUT2D eigenvalue weighted by molar-refractivity contribution is 0.413. The summed E-state index contributed by atoms with van der Waals surface area (Å²) in [6.45, 7) is 5.29. The summed E-state index contributed by atoms with van der Waals surface area (Å²) < 4.78 is 5.47. The van der Waals surface area contributed by atoms with E-state index in [0.717, 1.165) is 30.4 Å². The summed E-state index contributed by atoms with van der Waals surface area (Å²) in [6, 6.07) is 0.489.